The van der Waals surface area contributed by atoms with Crippen LogP contribution in [-0.4, -0.2) is 39.1 Å². The Labute approximate surface area is 188 Å². The number of hydrogen-bond acceptors (Lipinski definition) is 5. The fourth-order valence-electron chi connectivity index (χ4n) is 3.27. The minimum atomic E-state index is -3.82. The topological polar surface area (TPSA) is 114 Å². The number of amides is 2. The van der Waals surface area contributed by atoms with Crippen molar-refractivity contribution in [2.45, 2.75) is 49.5 Å². The van der Waals surface area contributed by atoms with Crippen molar-refractivity contribution in [2.75, 3.05) is 18.4 Å². The molecule has 2 amide bonds. The highest BCUT2D eigenvalue weighted by molar-refractivity contribution is 7.89. The van der Waals surface area contributed by atoms with Crippen LogP contribution in [0.2, 0.25) is 0 Å². The van der Waals surface area contributed by atoms with Crippen LogP contribution in [0.3, 0.4) is 0 Å². The van der Waals surface area contributed by atoms with E-state index in [1.54, 1.807) is 32.9 Å². The zero-order valence-electron chi connectivity index (χ0n) is 18.5. The second-order valence-electron chi connectivity index (χ2n) is 8.76. The predicted molar refractivity (Wildman–Crippen MR) is 122 cm³/mol. The highest BCUT2D eigenvalue weighted by Crippen LogP contribution is 2.48. The van der Waals surface area contributed by atoms with Crippen LogP contribution in [0.15, 0.2) is 59.5 Å². The van der Waals surface area contributed by atoms with Crippen LogP contribution in [0.1, 0.15) is 39.2 Å². The number of nitrogens with one attached hydrogen (secondary N) is 3. The molecule has 3 rings (SSSR count). The number of sulfonamides is 1. The third-order valence-corrected chi connectivity index (χ3v) is 6.46. The van der Waals surface area contributed by atoms with E-state index in [2.05, 4.69) is 15.4 Å². The summed E-state index contributed by atoms with van der Waals surface area (Å²) < 4.78 is 32.7. The Bertz CT molecular complexity index is 1070. The van der Waals surface area contributed by atoms with Crippen LogP contribution in [0.5, 0.6) is 0 Å². The lowest BCUT2D eigenvalue weighted by atomic mass is 9.95. The summed E-state index contributed by atoms with van der Waals surface area (Å²) in [6.45, 7) is 5.29. The molecule has 0 aromatic heterocycles. The van der Waals surface area contributed by atoms with E-state index in [1.165, 1.54) is 12.1 Å². The lowest BCUT2D eigenvalue weighted by molar-refractivity contribution is -0.118. The van der Waals surface area contributed by atoms with Gasteiger partial charge < -0.3 is 15.4 Å². The summed E-state index contributed by atoms with van der Waals surface area (Å²) in [5.74, 6) is -0.146. The van der Waals surface area contributed by atoms with Crippen LogP contribution in [0, 0.1) is 0 Å². The molecule has 0 spiro atoms. The Morgan fingerprint density at radius 1 is 1.00 bits per heavy atom. The first-order valence-electron chi connectivity index (χ1n) is 10.5. The SMILES string of the molecule is CC(C)(C)OC(=O)NCCNS(=O)(=O)c1cccc(NC(=O)C2(c3ccccc3)CC2)c1. The van der Waals surface area contributed by atoms with E-state index >= 15 is 0 Å². The molecule has 3 N–H and O–H groups in total. The van der Waals surface area contributed by atoms with Crippen LogP contribution in [-0.2, 0) is 25.0 Å². The maximum Gasteiger partial charge on any atom is 0.407 e. The molecular weight excluding hydrogens is 430 g/mol. The van der Waals surface area contributed by atoms with Crippen molar-refractivity contribution in [3.05, 3.63) is 60.2 Å². The third kappa shape index (κ3) is 6.08. The molecule has 1 aliphatic rings. The van der Waals surface area contributed by atoms with Gasteiger partial charge in [-0.2, -0.15) is 0 Å². The van der Waals surface area contributed by atoms with Gasteiger partial charge in [-0.1, -0.05) is 36.4 Å². The monoisotopic (exact) mass is 459 g/mol. The summed E-state index contributed by atoms with van der Waals surface area (Å²) in [5, 5.41) is 5.35. The van der Waals surface area contributed by atoms with E-state index in [1.807, 2.05) is 30.3 Å². The highest BCUT2D eigenvalue weighted by Gasteiger charge is 2.51. The van der Waals surface area contributed by atoms with E-state index in [-0.39, 0.29) is 23.9 Å². The number of carbonyl (C=O) groups excluding carboxylic acids is 2. The van der Waals surface area contributed by atoms with Crippen LogP contribution in [0.25, 0.3) is 0 Å². The van der Waals surface area contributed by atoms with Gasteiger partial charge in [-0.3, -0.25) is 4.79 Å². The van der Waals surface area contributed by atoms with E-state index < -0.39 is 27.1 Å². The number of carbonyl (C=O) groups is 2. The Hall–Kier alpha value is -2.91. The molecule has 0 unspecified atom stereocenters. The average molecular weight is 460 g/mol. The van der Waals surface area contributed by atoms with Crippen LogP contribution in [0.4, 0.5) is 10.5 Å². The molecule has 1 fully saturated rings. The highest BCUT2D eigenvalue weighted by atomic mass is 32.2. The van der Waals surface area contributed by atoms with Gasteiger partial charge in [0.25, 0.3) is 0 Å². The largest absolute Gasteiger partial charge is 0.444 e. The maximum absolute atomic E-state index is 12.9. The van der Waals surface area contributed by atoms with Crippen LogP contribution < -0.4 is 15.4 Å². The molecule has 0 heterocycles. The van der Waals surface area contributed by atoms with E-state index in [0.717, 1.165) is 18.4 Å². The second-order valence-corrected chi connectivity index (χ2v) is 10.5. The number of ether oxygens (including phenoxy) is 1. The van der Waals surface area contributed by atoms with Crippen molar-refractivity contribution in [3.63, 3.8) is 0 Å². The number of hydrogen-bond donors (Lipinski definition) is 3. The van der Waals surface area contributed by atoms with Gasteiger partial charge in [-0.15, -0.1) is 0 Å². The fourth-order valence-corrected chi connectivity index (χ4v) is 4.35. The first kappa shape index (κ1) is 23.7. The third-order valence-electron chi connectivity index (χ3n) is 5.00. The second kappa shape index (κ2) is 9.30. The number of anilines is 1. The van der Waals surface area contributed by atoms with E-state index in [4.69, 9.17) is 4.74 Å². The van der Waals surface area contributed by atoms with Crippen molar-refractivity contribution in [2.24, 2.45) is 0 Å². The lowest BCUT2D eigenvalue weighted by Gasteiger charge is -2.19. The normalized spacial score (nSPS) is 15.0. The molecule has 1 aliphatic carbocycles. The average Bonchev–Trinajstić information content (AvgIpc) is 3.53. The first-order valence-corrected chi connectivity index (χ1v) is 11.9. The molecule has 1 saturated carbocycles. The van der Waals surface area contributed by atoms with Crippen molar-refractivity contribution in [1.29, 1.82) is 0 Å². The smallest absolute Gasteiger partial charge is 0.407 e. The van der Waals surface area contributed by atoms with E-state index in [0.29, 0.717) is 5.69 Å². The van der Waals surface area contributed by atoms with Crippen molar-refractivity contribution in [3.8, 4) is 0 Å². The summed E-state index contributed by atoms with van der Waals surface area (Å²) in [7, 11) is -3.82. The molecule has 32 heavy (non-hydrogen) atoms. The van der Waals surface area contributed by atoms with Crippen molar-refractivity contribution < 1.29 is 22.7 Å². The van der Waals surface area contributed by atoms with Crippen molar-refractivity contribution in [1.82, 2.24) is 10.0 Å². The molecule has 172 valence electrons. The van der Waals surface area contributed by atoms with Gasteiger partial charge >= 0.3 is 6.09 Å². The zero-order valence-corrected chi connectivity index (χ0v) is 19.3. The zero-order chi connectivity index (χ0) is 23.4. The van der Waals surface area contributed by atoms with E-state index in [9.17, 15) is 18.0 Å². The Morgan fingerprint density at radius 3 is 2.31 bits per heavy atom. The summed E-state index contributed by atoms with van der Waals surface area (Å²) in [6.07, 6.45) is 0.897. The molecular formula is C23H29N3O5S. The molecule has 0 radical (unpaired) electrons. The Balaban J connectivity index is 1.58. The van der Waals surface area contributed by atoms with Gasteiger partial charge in [-0.25, -0.2) is 17.9 Å². The van der Waals surface area contributed by atoms with Gasteiger partial charge in [0, 0.05) is 18.8 Å². The number of alkyl carbamates (subject to hydrolysis) is 1. The predicted octanol–water partition coefficient (Wildman–Crippen LogP) is 3.16. The lowest BCUT2D eigenvalue weighted by Crippen LogP contribution is -2.37. The number of rotatable bonds is 8. The molecule has 8 nitrogen and oxygen atoms in total. The van der Waals surface area contributed by atoms with Gasteiger partial charge in [0.15, 0.2) is 0 Å². The van der Waals surface area contributed by atoms with Gasteiger partial charge in [-0.05, 0) is 57.4 Å². The first-order chi connectivity index (χ1) is 15.0. The molecule has 0 bridgehead atoms. The number of benzene rings is 2. The molecule has 9 heteroatoms. The molecule has 2 aromatic rings. The van der Waals surface area contributed by atoms with Crippen molar-refractivity contribution >= 4 is 27.7 Å². The minimum absolute atomic E-state index is 0.00468. The van der Waals surface area contributed by atoms with Gasteiger partial charge in [0.2, 0.25) is 15.9 Å². The van der Waals surface area contributed by atoms with Gasteiger partial charge in [0.05, 0.1) is 10.3 Å². The fraction of sp³-hybridized carbons (Fsp3) is 0.391. The summed E-state index contributed by atoms with van der Waals surface area (Å²) in [5.41, 5.74) is 0.183. The molecule has 0 atom stereocenters. The standard InChI is InChI=1S/C23H29N3O5S/c1-22(2,3)31-21(28)24-14-15-25-32(29,30)19-11-7-10-18(16-19)26-20(27)23(12-13-23)17-8-5-4-6-9-17/h4-11,16,25H,12-15H2,1-3H3,(H,24,28)(H,26,27). The van der Waals surface area contributed by atoms with Crippen LogP contribution >= 0.6 is 0 Å². The maximum atomic E-state index is 12.9. The van der Waals surface area contributed by atoms with Gasteiger partial charge in [0.1, 0.15) is 5.60 Å². The summed E-state index contributed by atoms with van der Waals surface area (Å²) in [4.78, 5) is 24.6. The summed E-state index contributed by atoms with van der Waals surface area (Å²) >= 11 is 0. The minimum Gasteiger partial charge on any atom is -0.444 e. The molecule has 0 aliphatic heterocycles. The Kier molecular flexibility index (Phi) is 6.90. The molecule has 2 aromatic carbocycles. The summed E-state index contributed by atoms with van der Waals surface area (Å²) in [6, 6.07) is 15.7. The Morgan fingerprint density at radius 2 is 1.69 bits per heavy atom. The quantitative estimate of drug-likeness (QED) is 0.525. The molecule has 0 saturated heterocycles.